The number of carbonyl (C=O) groups is 2. The molecule has 13 heteroatoms. The van der Waals surface area contributed by atoms with E-state index in [0.29, 0.717) is 13.0 Å². The second-order valence-electron chi connectivity index (χ2n) is 8.43. The first-order chi connectivity index (χ1) is 18.0. The molecular formula is C25H29F3N2O8. The van der Waals surface area contributed by atoms with Gasteiger partial charge in [0.25, 0.3) is 5.91 Å². The number of nitrogens with one attached hydrogen (secondary N) is 1. The van der Waals surface area contributed by atoms with E-state index < -0.39 is 53.7 Å². The van der Waals surface area contributed by atoms with Crippen molar-refractivity contribution < 1.29 is 51.6 Å². The van der Waals surface area contributed by atoms with E-state index in [9.17, 15) is 27.9 Å². The fourth-order valence-electron chi connectivity index (χ4n) is 3.66. The number of amides is 1. The molecule has 3 rings (SSSR count). The molecule has 1 saturated heterocycles. The van der Waals surface area contributed by atoms with Gasteiger partial charge in [-0.25, -0.2) is 9.78 Å². The molecule has 1 fully saturated rings. The van der Waals surface area contributed by atoms with Crippen LogP contribution in [0.5, 0.6) is 17.2 Å². The normalized spacial score (nSPS) is 22.4. The van der Waals surface area contributed by atoms with Crippen molar-refractivity contribution in [3.8, 4) is 17.2 Å². The Morgan fingerprint density at radius 1 is 1.21 bits per heavy atom. The molecule has 1 aliphatic rings. The molecule has 1 aromatic heterocycles. The molecule has 0 bridgehead atoms. The Labute approximate surface area is 217 Å². The van der Waals surface area contributed by atoms with Crippen molar-refractivity contribution in [2.75, 3.05) is 26.9 Å². The molecule has 10 nitrogen and oxygen atoms in total. The van der Waals surface area contributed by atoms with Crippen LogP contribution in [0.3, 0.4) is 0 Å². The van der Waals surface area contributed by atoms with E-state index in [1.54, 1.807) is 0 Å². The Morgan fingerprint density at radius 2 is 1.92 bits per heavy atom. The number of cyclic esters (lactones) is 1. The lowest BCUT2D eigenvalue weighted by Gasteiger charge is -2.31. The lowest BCUT2D eigenvalue weighted by Crippen LogP contribution is -2.48. The topological polar surface area (TPSA) is 125 Å². The number of esters is 1. The number of hydrogen-bond donors (Lipinski definition) is 2. The zero-order chi connectivity index (χ0) is 27.9. The van der Waals surface area contributed by atoms with Gasteiger partial charge in [0.05, 0.1) is 25.9 Å². The molecule has 208 valence electrons. The monoisotopic (exact) mass is 542 g/mol. The van der Waals surface area contributed by atoms with Crippen LogP contribution in [0.15, 0.2) is 36.5 Å². The van der Waals surface area contributed by atoms with Crippen molar-refractivity contribution in [3.05, 3.63) is 47.8 Å². The smallest absolute Gasteiger partial charge is 0.416 e. The summed E-state index contributed by atoms with van der Waals surface area (Å²) in [6.45, 7) is 3.39. The lowest BCUT2D eigenvalue weighted by atomic mass is 10.1. The summed E-state index contributed by atoms with van der Waals surface area (Å²) in [4.78, 5) is 29.5. The standard InChI is InChI=1S/C25H29F3N2O8/c1-4-11-36-19-13-35-12-17(30-23(32)20-21(31)18(34-3)9-10-29-20)24(33)37-14(2)22(19)38-16-7-5-15(6-8-16)25(26,27)28/h5-10,14,17,19,22,31H,4,11-13H2,1-3H3,(H,30,32)/t14-,17-,19-,22-/m0/s1. The lowest BCUT2D eigenvalue weighted by molar-refractivity contribution is -0.158. The number of ether oxygens (including phenoxy) is 5. The quantitative estimate of drug-likeness (QED) is 0.484. The minimum atomic E-state index is -4.50. The summed E-state index contributed by atoms with van der Waals surface area (Å²) in [5.74, 6) is -2.09. The van der Waals surface area contributed by atoms with Gasteiger partial charge >= 0.3 is 12.1 Å². The molecular weight excluding hydrogens is 513 g/mol. The van der Waals surface area contributed by atoms with Crippen LogP contribution in [0.1, 0.15) is 36.3 Å². The average Bonchev–Trinajstić information content (AvgIpc) is 2.92. The van der Waals surface area contributed by atoms with Gasteiger partial charge < -0.3 is 34.1 Å². The minimum Gasteiger partial charge on any atom is -0.503 e. The van der Waals surface area contributed by atoms with Crippen LogP contribution in [0, 0.1) is 0 Å². The number of methoxy groups -OCH3 is 1. The van der Waals surface area contributed by atoms with E-state index in [1.807, 2.05) is 6.92 Å². The van der Waals surface area contributed by atoms with Crippen LogP contribution in [0.25, 0.3) is 0 Å². The molecule has 0 unspecified atom stereocenters. The van der Waals surface area contributed by atoms with Crippen molar-refractivity contribution in [2.45, 2.75) is 50.8 Å². The van der Waals surface area contributed by atoms with Crippen LogP contribution >= 0.6 is 0 Å². The first-order valence-corrected chi connectivity index (χ1v) is 11.8. The van der Waals surface area contributed by atoms with Gasteiger partial charge in [-0.1, -0.05) is 6.92 Å². The van der Waals surface area contributed by atoms with Crippen LogP contribution in [-0.4, -0.2) is 73.3 Å². The summed E-state index contributed by atoms with van der Waals surface area (Å²) < 4.78 is 66.8. The highest BCUT2D eigenvalue weighted by molar-refractivity contribution is 5.98. The molecule has 4 atom stereocenters. The average molecular weight is 543 g/mol. The number of nitrogens with zero attached hydrogens (tertiary/aromatic N) is 1. The summed E-state index contributed by atoms with van der Waals surface area (Å²) in [6, 6.07) is 4.18. The summed E-state index contributed by atoms with van der Waals surface area (Å²) in [5, 5.41) is 12.6. The fraction of sp³-hybridized carbons (Fsp3) is 0.480. The zero-order valence-corrected chi connectivity index (χ0v) is 21.0. The summed E-state index contributed by atoms with van der Waals surface area (Å²) in [5.41, 5.74) is -1.20. The van der Waals surface area contributed by atoms with E-state index in [0.717, 1.165) is 12.1 Å². The van der Waals surface area contributed by atoms with E-state index in [2.05, 4.69) is 10.3 Å². The predicted octanol–water partition coefficient (Wildman–Crippen LogP) is 3.12. The molecule has 0 saturated carbocycles. The summed E-state index contributed by atoms with van der Waals surface area (Å²) in [7, 11) is 1.31. The van der Waals surface area contributed by atoms with Crippen molar-refractivity contribution in [2.24, 2.45) is 0 Å². The third kappa shape index (κ3) is 7.25. The van der Waals surface area contributed by atoms with E-state index in [1.165, 1.54) is 38.4 Å². The molecule has 2 aromatic rings. The van der Waals surface area contributed by atoms with Crippen molar-refractivity contribution in [1.29, 1.82) is 0 Å². The fourth-order valence-corrected chi connectivity index (χ4v) is 3.66. The van der Waals surface area contributed by atoms with Gasteiger partial charge in [0, 0.05) is 18.9 Å². The number of carbonyl (C=O) groups excluding carboxylic acids is 2. The minimum absolute atomic E-state index is 0.0197. The highest BCUT2D eigenvalue weighted by Crippen LogP contribution is 2.31. The van der Waals surface area contributed by atoms with E-state index >= 15 is 0 Å². The van der Waals surface area contributed by atoms with Gasteiger partial charge in [0.2, 0.25) is 0 Å². The predicted molar refractivity (Wildman–Crippen MR) is 126 cm³/mol. The number of alkyl halides is 3. The Hall–Kier alpha value is -3.58. The molecule has 0 spiro atoms. The number of halogens is 3. The van der Waals surface area contributed by atoms with Crippen LogP contribution in [0.2, 0.25) is 0 Å². The Morgan fingerprint density at radius 3 is 2.55 bits per heavy atom. The molecule has 1 amide bonds. The van der Waals surface area contributed by atoms with Crippen molar-refractivity contribution in [3.63, 3.8) is 0 Å². The number of rotatable bonds is 8. The number of aromatic hydroxyl groups is 1. The second-order valence-corrected chi connectivity index (χ2v) is 8.43. The maximum absolute atomic E-state index is 12.9. The molecule has 2 N–H and O–H groups in total. The third-order valence-corrected chi connectivity index (χ3v) is 5.60. The van der Waals surface area contributed by atoms with Gasteiger partial charge in [-0.3, -0.25) is 4.79 Å². The zero-order valence-electron chi connectivity index (χ0n) is 21.0. The van der Waals surface area contributed by atoms with Crippen molar-refractivity contribution >= 4 is 11.9 Å². The number of benzene rings is 1. The van der Waals surface area contributed by atoms with E-state index in [-0.39, 0.29) is 30.4 Å². The Kier molecular flexibility index (Phi) is 9.75. The largest absolute Gasteiger partial charge is 0.503 e. The number of aromatic nitrogens is 1. The maximum Gasteiger partial charge on any atom is 0.416 e. The summed E-state index contributed by atoms with van der Waals surface area (Å²) in [6.07, 6.45) is -5.23. The second kappa shape index (κ2) is 12.8. The Balaban J connectivity index is 1.78. The highest BCUT2D eigenvalue weighted by atomic mass is 19.4. The Bertz CT molecular complexity index is 1100. The van der Waals surface area contributed by atoms with Gasteiger partial charge in [-0.05, 0) is 37.6 Å². The van der Waals surface area contributed by atoms with Gasteiger partial charge in [0.15, 0.2) is 29.3 Å². The highest BCUT2D eigenvalue weighted by Gasteiger charge is 2.37. The first-order valence-electron chi connectivity index (χ1n) is 11.8. The maximum atomic E-state index is 12.9. The molecule has 2 heterocycles. The molecule has 0 radical (unpaired) electrons. The molecule has 1 aliphatic heterocycles. The summed E-state index contributed by atoms with van der Waals surface area (Å²) >= 11 is 0. The van der Waals surface area contributed by atoms with Crippen LogP contribution < -0.4 is 14.8 Å². The van der Waals surface area contributed by atoms with Crippen LogP contribution in [0.4, 0.5) is 13.2 Å². The third-order valence-electron chi connectivity index (χ3n) is 5.60. The SMILES string of the molecule is CCCO[C@H]1COC[C@H](NC(=O)c2nccc(OC)c2O)C(=O)O[C@@H](C)[C@@H]1Oc1ccc(C(F)(F)F)cc1. The van der Waals surface area contributed by atoms with Crippen LogP contribution in [-0.2, 0) is 25.2 Å². The molecule has 0 aliphatic carbocycles. The van der Waals surface area contributed by atoms with Gasteiger partial charge in [-0.2, -0.15) is 13.2 Å². The first kappa shape index (κ1) is 29.0. The molecule has 38 heavy (non-hydrogen) atoms. The number of pyridine rings is 1. The molecule has 1 aromatic carbocycles. The van der Waals surface area contributed by atoms with Gasteiger partial charge in [0.1, 0.15) is 18.0 Å². The van der Waals surface area contributed by atoms with Crippen molar-refractivity contribution in [1.82, 2.24) is 10.3 Å². The van der Waals surface area contributed by atoms with Gasteiger partial charge in [-0.15, -0.1) is 0 Å². The van der Waals surface area contributed by atoms with E-state index in [4.69, 9.17) is 23.7 Å². The number of hydrogen-bond acceptors (Lipinski definition) is 9.